The second-order valence-electron chi connectivity index (χ2n) is 4.84. The van der Waals surface area contributed by atoms with Crippen LogP contribution in [0.15, 0.2) is 0 Å². The molecule has 0 bridgehead atoms. The number of nitrogens with one attached hydrogen (secondary N) is 2. The monoisotopic (exact) mass is 264 g/mol. The van der Waals surface area contributed by atoms with E-state index in [0.717, 1.165) is 32.5 Å². The minimum Gasteiger partial charge on any atom is -0.380 e. The Hall–Kier alpha value is -0.170. The molecule has 0 radical (unpaired) electrons. The molecule has 1 unspecified atom stereocenters. The molecule has 0 aromatic rings. The second kappa shape index (κ2) is 6.68. The molecule has 5 nitrogen and oxygen atoms in total. The molecule has 0 aliphatic carbocycles. The number of ether oxygens (including phenoxy) is 1. The van der Waals surface area contributed by atoms with Crippen molar-refractivity contribution in [1.29, 1.82) is 0 Å². The van der Waals surface area contributed by atoms with Gasteiger partial charge in [-0.15, -0.1) is 0 Å². The minimum absolute atomic E-state index is 0.176. The number of hydrogen-bond acceptors (Lipinski definition) is 4. The minimum atomic E-state index is -3.19. The summed E-state index contributed by atoms with van der Waals surface area (Å²) >= 11 is 0. The van der Waals surface area contributed by atoms with Crippen LogP contribution < -0.4 is 10.0 Å². The Morgan fingerprint density at radius 3 is 2.76 bits per heavy atom. The van der Waals surface area contributed by atoms with E-state index < -0.39 is 15.6 Å². The quantitative estimate of drug-likeness (QED) is 0.656. The van der Waals surface area contributed by atoms with Crippen LogP contribution in [0.1, 0.15) is 33.1 Å². The summed E-state index contributed by atoms with van der Waals surface area (Å²) in [5, 5.41) is 3.12. The van der Waals surface area contributed by atoms with Crippen molar-refractivity contribution in [3.63, 3.8) is 0 Å². The predicted molar refractivity (Wildman–Crippen MR) is 68.5 cm³/mol. The van der Waals surface area contributed by atoms with Gasteiger partial charge in [0.2, 0.25) is 10.0 Å². The maximum atomic E-state index is 11.9. The van der Waals surface area contributed by atoms with Crippen LogP contribution >= 0.6 is 0 Å². The van der Waals surface area contributed by atoms with Gasteiger partial charge in [0.25, 0.3) is 0 Å². The lowest BCUT2D eigenvalue weighted by Gasteiger charge is -2.33. The lowest BCUT2D eigenvalue weighted by Crippen LogP contribution is -2.52. The summed E-state index contributed by atoms with van der Waals surface area (Å²) in [4.78, 5) is 0. The first-order valence-corrected chi connectivity index (χ1v) is 7.93. The number of hydrogen-bond donors (Lipinski definition) is 2. The average Bonchev–Trinajstić information content (AvgIpc) is 2.24. The topological polar surface area (TPSA) is 67.4 Å². The highest BCUT2D eigenvalue weighted by Gasteiger charge is 2.31. The molecule has 1 saturated heterocycles. The molecule has 0 aromatic heterocycles. The van der Waals surface area contributed by atoms with Gasteiger partial charge in [0.15, 0.2) is 0 Å². The van der Waals surface area contributed by atoms with Crippen LogP contribution in [-0.2, 0) is 14.8 Å². The van der Waals surface area contributed by atoms with E-state index in [0.29, 0.717) is 13.0 Å². The van der Waals surface area contributed by atoms with Gasteiger partial charge in [-0.2, -0.15) is 0 Å². The fraction of sp³-hybridized carbons (Fsp3) is 1.00. The smallest absolute Gasteiger partial charge is 0.212 e. The van der Waals surface area contributed by atoms with Crippen molar-refractivity contribution in [2.75, 3.05) is 32.1 Å². The van der Waals surface area contributed by atoms with Gasteiger partial charge < -0.3 is 10.1 Å². The van der Waals surface area contributed by atoms with Crippen molar-refractivity contribution in [3.8, 4) is 0 Å². The van der Waals surface area contributed by atoms with Gasteiger partial charge in [-0.25, -0.2) is 13.1 Å². The van der Waals surface area contributed by atoms with E-state index in [9.17, 15) is 8.42 Å². The van der Waals surface area contributed by atoms with Gasteiger partial charge in [0, 0.05) is 6.61 Å². The van der Waals surface area contributed by atoms with Crippen molar-refractivity contribution < 1.29 is 13.2 Å². The molecule has 17 heavy (non-hydrogen) atoms. The average molecular weight is 264 g/mol. The first-order valence-electron chi connectivity index (χ1n) is 6.27. The molecule has 0 amide bonds. The number of sulfonamides is 1. The zero-order valence-electron chi connectivity index (χ0n) is 10.8. The summed E-state index contributed by atoms with van der Waals surface area (Å²) < 4.78 is 31.8. The highest BCUT2D eigenvalue weighted by molar-refractivity contribution is 7.89. The molecule has 1 rings (SSSR count). The Balaban J connectivity index is 2.37. The van der Waals surface area contributed by atoms with E-state index in [1.165, 1.54) is 0 Å². The number of rotatable bonds is 7. The molecular weight excluding hydrogens is 240 g/mol. The maximum Gasteiger partial charge on any atom is 0.212 e. The van der Waals surface area contributed by atoms with Gasteiger partial charge >= 0.3 is 0 Å². The summed E-state index contributed by atoms with van der Waals surface area (Å²) in [5.41, 5.74) is -0.421. The normalized spacial score (nSPS) is 26.0. The fourth-order valence-electron chi connectivity index (χ4n) is 2.00. The Bertz CT molecular complexity index is 311. The molecule has 1 fully saturated rings. The summed E-state index contributed by atoms with van der Waals surface area (Å²) in [7, 11) is -3.19. The zero-order valence-corrected chi connectivity index (χ0v) is 11.6. The third kappa shape index (κ3) is 5.81. The van der Waals surface area contributed by atoms with Crippen molar-refractivity contribution in [3.05, 3.63) is 0 Å². The van der Waals surface area contributed by atoms with Gasteiger partial charge in [0.05, 0.1) is 17.9 Å². The molecule has 1 aliphatic heterocycles. The third-order valence-electron chi connectivity index (χ3n) is 2.86. The van der Waals surface area contributed by atoms with E-state index in [-0.39, 0.29) is 5.75 Å². The standard InChI is InChI=1S/C11H24N2O3S/c1-3-12-7-5-9-17(14,15)13-11(2)6-4-8-16-10-11/h12-13H,3-10H2,1-2H3. The Labute approximate surface area is 104 Å². The molecule has 0 aromatic carbocycles. The zero-order chi connectivity index (χ0) is 12.8. The first kappa shape index (κ1) is 14.9. The molecule has 0 spiro atoms. The lowest BCUT2D eigenvalue weighted by molar-refractivity contribution is 0.0386. The van der Waals surface area contributed by atoms with Crippen molar-refractivity contribution in [2.24, 2.45) is 0 Å². The molecular formula is C11H24N2O3S. The third-order valence-corrected chi connectivity index (χ3v) is 4.49. The molecule has 102 valence electrons. The van der Waals surface area contributed by atoms with Crippen molar-refractivity contribution in [1.82, 2.24) is 10.0 Å². The Morgan fingerprint density at radius 2 is 2.18 bits per heavy atom. The van der Waals surface area contributed by atoms with Crippen LogP contribution in [0, 0.1) is 0 Å². The van der Waals surface area contributed by atoms with E-state index >= 15 is 0 Å². The SMILES string of the molecule is CCNCCCS(=O)(=O)NC1(C)CCCOC1. The van der Waals surface area contributed by atoms with E-state index in [1.807, 2.05) is 13.8 Å². The lowest BCUT2D eigenvalue weighted by atomic mass is 9.97. The highest BCUT2D eigenvalue weighted by atomic mass is 32.2. The first-order chi connectivity index (χ1) is 7.97. The van der Waals surface area contributed by atoms with Gasteiger partial charge in [-0.05, 0) is 39.3 Å². The maximum absolute atomic E-state index is 11.9. The van der Waals surface area contributed by atoms with Gasteiger partial charge in [-0.1, -0.05) is 6.92 Å². The molecule has 2 N–H and O–H groups in total. The van der Waals surface area contributed by atoms with Crippen LogP contribution in [0.5, 0.6) is 0 Å². The summed E-state index contributed by atoms with van der Waals surface area (Å²) in [6.45, 7) is 6.74. The summed E-state index contributed by atoms with van der Waals surface area (Å²) in [6.07, 6.45) is 2.40. The van der Waals surface area contributed by atoms with Gasteiger partial charge in [-0.3, -0.25) is 0 Å². The molecule has 0 saturated carbocycles. The van der Waals surface area contributed by atoms with Crippen LogP contribution in [0.4, 0.5) is 0 Å². The largest absolute Gasteiger partial charge is 0.380 e. The van der Waals surface area contributed by atoms with Crippen molar-refractivity contribution in [2.45, 2.75) is 38.6 Å². The van der Waals surface area contributed by atoms with Crippen molar-refractivity contribution >= 4 is 10.0 Å². The predicted octanol–water partition coefficient (Wildman–Crippen LogP) is 0.475. The summed E-state index contributed by atoms with van der Waals surface area (Å²) in [5.74, 6) is 0.176. The summed E-state index contributed by atoms with van der Waals surface area (Å²) in [6, 6.07) is 0. The molecule has 1 aliphatic rings. The fourth-order valence-corrected chi connectivity index (χ4v) is 3.54. The highest BCUT2D eigenvalue weighted by Crippen LogP contribution is 2.19. The van der Waals surface area contributed by atoms with Gasteiger partial charge in [0.1, 0.15) is 0 Å². The van der Waals surface area contributed by atoms with E-state index in [1.54, 1.807) is 0 Å². The van der Waals surface area contributed by atoms with E-state index in [4.69, 9.17) is 4.74 Å². The molecule has 1 atom stereocenters. The van der Waals surface area contributed by atoms with E-state index in [2.05, 4.69) is 10.0 Å². The molecule has 6 heteroatoms. The Morgan fingerprint density at radius 1 is 1.41 bits per heavy atom. The van der Waals surface area contributed by atoms with Crippen LogP contribution in [0.2, 0.25) is 0 Å². The Kier molecular flexibility index (Phi) is 5.85. The van der Waals surface area contributed by atoms with Crippen LogP contribution in [0.3, 0.4) is 0 Å². The van der Waals surface area contributed by atoms with Crippen LogP contribution in [0.25, 0.3) is 0 Å². The second-order valence-corrected chi connectivity index (χ2v) is 6.69. The van der Waals surface area contributed by atoms with Crippen LogP contribution in [-0.4, -0.2) is 46.0 Å². The molecule has 1 heterocycles.